The molecule has 4 heteroatoms. The zero-order valence-corrected chi connectivity index (χ0v) is 18.3. The fraction of sp³-hybridized carbons (Fsp3) is 0.500. The van der Waals surface area contributed by atoms with Crippen molar-refractivity contribution in [3.8, 4) is 11.1 Å². The summed E-state index contributed by atoms with van der Waals surface area (Å²) in [5, 5.41) is 0. The molecule has 1 heterocycles. The molecule has 4 nitrogen and oxygen atoms in total. The molecule has 160 valence electrons. The van der Waals surface area contributed by atoms with E-state index >= 15 is 0 Å². The van der Waals surface area contributed by atoms with Gasteiger partial charge in [0.1, 0.15) is 0 Å². The van der Waals surface area contributed by atoms with Crippen LogP contribution in [-0.4, -0.2) is 50.2 Å². The number of piperazine rings is 1. The Morgan fingerprint density at radius 1 is 0.867 bits per heavy atom. The van der Waals surface area contributed by atoms with Gasteiger partial charge in [-0.15, -0.1) is 0 Å². The number of benzene rings is 2. The van der Waals surface area contributed by atoms with Crippen LogP contribution < -0.4 is 4.90 Å². The van der Waals surface area contributed by atoms with Gasteiger partial charge in [-0.3, -0.25) is 4.90 Å². The molecule has 1 aliphatic carbocycles. The predicted octanol–water partition coefficient (Wildman–Crippen LogP) is 5.23. The van der Waals surface area contributed by atoms with Crippen molar-refractivity contribution in [1.29, 1.82) is 0 Å². The Balaban J connectivity index is 1.32. The lowest BCUT2D eigenvalue weighted by molar-refractivity contribution is 0.0601. The molecule has 30 heavy (non-hydrogen) atoms. The van der Waals surface area contributed by atoms with Crippen molar-refractivity contribution in [3.05, 3.63) is 54.1 Å². The molecule has 0 radical (unpaired) electrons. The summed E-state index contributed by atoms with van der Waals surface area (Å²) >= 11 is 0. The van der Waals surface area contributed by atoms with E-state index in [0.717, 1.165) is 30.6 Å². The Hall–Kier alpha value is -2.33. The number of methoxy groups -OCH3 is 1. The second kappa shape index (κ2) is 9.65. The van der Waals surface area contributed by atoms with Crippen molar-refractivity contribution >= 4 is 11.7 Å². The maximum Gasteiger partial charge on any atom is 0.337 e. The molecule has 2 aromatic rings. The topological polar surface area (TPSA) is 32.8 Å². The normalized spacial score (nSPS) is 22.7. The molecule has 0 bridgehead atoms. The second-order valence-electron chi connectivity index (χ2n) is 8.72. The average molecular weight is 407 g/mol. The zero-order chi connectivity index (χ0) is 20.9. The average Bonchev–Trinajstić information content (AvgIpc) is 2.84. The maximum atomic E-state index is 11.6. The third kappa shape index (κ3) is 4.70. The van der Waals surface area contributed by atoms with Crippen LogP contribution in [0, 0.1) is 5.92 Å². The Morgan fingerprint density at radius 3 is 1.97 bits per heavy atom. The monoisotopic (exact) mass is 406 g/mol. The van der Waals surface area contributed by atoms with Crippen LogP contribution in [0.3, 0.4) is 0 Å². The molecule has 2 fully saturated rings. The number of anilines is 1. The Morgan fingerprint density at radius 2 is 1.43 bits per heavy atom. The van der Waals surface area contributed by atoms with Crippen molar-refractivity contribution in [2.24, 2.45) is 5.92 Å². The number of esters is 1. The van der Waals surface area contributed by atoms with Gasteiger partial charge in [0.05, 0.1) is 12.7 Å². The molecular weight excluding hydrogens is 372 g/mol. The van der Waals surface area contributed by atoms with Crippen LogP contribution in [0.2, 0.25) is 0 Å². The number of rotatable bonds is 5. The third-order valence-corrected chi connectivity index (χ3v) is 7.10. The number of nitrogens with zero attached hydrogens (tertiary/aromatic N) is 2. The third-order valence-electron chi connectivity index (χ3n) is 7.10. The number of carbonyl (C=O) groups excluding carboxylic acids is 1. The van der Waals surface area contributed by atoms with Gasteiger partial charge in [0.25, 0.3) is 0 Å². The summed E-state index contributed by atoms with van der Waals surface area (Å²) in [5.41, 5.74) is 4.17. The summed E-state index contributed by atoms with van der Waals surface area (Å²) in [6.45, 7) is 6.92. The Kier molecular flexibility index (Phi) is 6.73. The molecular formula is C26H34N2O2. The molecule has 4 rings (SSSR count). The highest BCUT2D eigenvalue weighted by atomic mass is 16.5. The Bertz CT molecular complexity index is 815. The van der Waals surface area contributed by atoms with Gasteiger partial charge in [0, 0.05) is 37.9 Å². The largest absolute Gasteiger partial charge is 0.465 e. The molecule has 2 aliphatic rings. The van der Waals surface area contributed by atoms with Gasteiger partial charge in [0.2, 0.25) is 0 Å². The quantitative estimate of drug-likeness (QED) is 0.637. The number of hydrogen-bond donors (Lipinski definition) is 0. The maximum absolute atomic E-state index is 11.6. The van der Waals surface area contributed by atoms with Crippen molar-refractivity contribution in [3.63, 3.8) is 0 Å². The highest BCUT2D eigenvalue weighted by Gasteiger charge is 2.27. The smallest absolute Gasteiger partial charge is 0.337 e. The standard InChI is InChI=1S/C26H34N2O2/c1-3-20-4-12-24(13-5-20)27-16-18-28(19-17-27)25-14-10-22(11-15-25)21-6-8-23(9-7-21)26(29)30-2/h6-11,14-15,20,24H,3-5,12-13,16-19H2,1-2H3. The van der Waals surface area contributed by atoms with Gasteiger partial charge < -0.3 is 9.64 Å². The fourth-order valence-corrected chi connectivity index (χ4v) is 5.04. The van der Waals surface area contributed by atoms with Crippen LogP contribution in [-0.2, 0) is 4.74 Å². The molecule has 0 unspecified atom stereocenters. The molecule has 0 atom stereocenters. The van der Waals surface area contributed by atoms with Crippen LogP contribution in [0.1, 0.15) is 49.4 Å². The van der Waals surface area contributed by atoms with E-state index in [1.54, 1.807) is 0 Å². The molecule has 0 amide bonds. The van der Waals surface area contributed by atoms with E-state index < -0.39 is 0 Å². The Labute approximate surface area is 180 Å². The first-order valence-electron chi connectivity index (χ1n) is 11.5. The van der Waals surface area contributed by atoms with Crippen LogP contribution >= 0.6 is 0 Å². The minimum atomic E-state index is -0.297. The van der Waals surface area contributed by atoms with Gasteiger partial charge in [-0.2, -0.15) is 0 Å². The van der Waals surface area contributed by atoms with Crippen molar-refractivity contribution in [2.45, 2.75) is 45.1 Å². The van der Waals surface area contributed by atoms with Crippen molar-refractivity contribution < 1.29 is 9.53 Å². The van der Waals surface area contributed by atoms with Gasteiger partial charge in [-0.05, 0) is 67.0 Å². The lowest BCUT2D eigenvalue weighted by atomic mass is 9.84. The highest BCUT2D eigenvalue weighted by Crippen LogP contribution is 2.31. The highest BCUT2D eigenvalue weighted by molar-refractivity contribution is 5.90. The first-order valence-corrected chi connectivity index (χ1v) is 11.5. The van der Waals surface area contributed by atoms with Gasteiger partial charge in [0.15, 0.2) is 0 Å². The summed E-state index contributed by atoms with van der Waals surface area (Å²) in [7, 11) is 1.41. The summed E-state index contributed by atoms with van der Waals surface area (Å²) in [4.78, 5) is 16.9. The van der Waals surface area contributed by atoms with Crippen molar-refractivity contribution in [2.75, 3.05) is 38.2 Å². The predicted molar refractivity (Wildman–Crippen MR) is 123 cm³/mol. The van der Waals surface area contributed by atoms with E-state index in [-0.39, 0.29) is 5.97 Å². The zero-order valence-electron chi connectivity index (χ0n) is 18.3. The fourth-order valence-electron chi connectivity index (χ4n) is 5.04. The van der Waals surface area contributed by atoms with E-state index in [2.05, 4.69) is 41.0 Å². The van der Waals surface area contributed by atoms with Crippen molar-refractivity contribution in [1.82, 2.24) is 4.90 Å². The number of ether oxygens (including phenoxy) is 1. The molecule has 0 N–H and O–H groups in total. The van der Waals surface area contributed by atoms with Gasteiger partial charge >= 0.3 is 5.97 Å². The van der Waals surface area contributed by atoms with Gasteiger partial charge in [-0.1, -0.05) is 37.6 Å². The lowest BCUT2D eigenvalue weighted by Gasteiger charge is -2.42. The van der Waals surface area contributed by atoms with Crippen LogP contribution in [0.15, 0.2) is 48.5 Å². The summed E-state index contributed by atoms with van der Waals surface area (Å²) in [6, 6.07) is 17.2. The van der Waals surface area contributed by atoms with E-state index in [1.807, 2.05) is 24.3 Å². The SMILES string of the molecule is CCC1CCC(N2CCN(c3ccc(-c4ccc(C(=O)OC)cc4)cc3)CC2)CC1. The number of carbonyl (C=O) groups is 1. The summed E-state index contributed by atoms with van der Waals surface area (Å²) in [6.07, 6.45) is 6.97. The van der Waals surface area contributed by atoms with E-state index in [0.29, 0.717) is 5.56 Å². The first-order chi connectivity index (χ1) is 14.7. The van der Waals surface area contributed by atoms with Gasteiger partial charge in [-0.25, -0.2) is 4.79 Å². The molecule has 0 aromatic heterocycles. The second-order valence-corrected chi connectivity index (χ2v) is 8.72. The van der Waals surface area contributed by atoms with E-state index in [4.69, 9.17) is 4.74 Å². The van der Waals surface area contributed by atoms with Crippen LogP contribution in [0.5, 0.6) is 0 Å². The first kappa shape index (κ1) is 20.9. The minimum Gasteiger partial charge on any atom is -0.465 e. The summed E-state index contributed by atoms with van der Waals surface area (Å²) < 4.78 is 4.77. The summed E-state index contributed by atoms with van der Waals surface area (Å²) in [5.74, 6) is 0.673. The number of hydrogen-bond acceptors (Lipinski definition) is 4. The molecule has 1 aliphatic heterocycles. The molecule has 2 aromatic carbocycles. The molecule has 1 saturated heterocycles. The molecule has 0 spiro atoms. The lowest BCUT2D eigenvalue weighted by Crippen LogP contribution is -2.51. The minimum absolute atomic E-state index is 0.297. The van der Waals surface area contributed by atoms with Crippen LogP contribution in [0.25, 0.3) is 11.1 Å². The van der Waals surface area contributed by atoms with E-state index in [9.17, 15) is 4.79 Å². The molecule has 1 saturated carbocycles. The van der Waals surface area contributed by atoms with E-state index in [1.165, 1.54) is 63.6 Å². The van der Waals surface area contributed by atoms with Crippen LogP contribution in [0.4, 0.5) is 5.69 Å².